The molecule has 0 bridgehead atoms. The number of para-hydroxylation sites is 1. The van der Waals surface area contributed by atoms with E-state index in [-0.39, 0.29) is 0 Å². The van der Waals surface area contributed by atoms with E-state index in [1.165, 1.54) is 12.8 Å². The van der Waals surface area contributed by atoms with Crippen LogP contribution in [0.3, 0.4) is 0 Å². The molecule has 2 aromatic heterocycles. The van der Waals surface area contributed by atoms with Gasteiger partial charge >= 0.3 is 0 Å². The standard InChI is InChI=1S/C18H22N4O/c1-4-23-15-8-6-5-7-14(15)17-19-16-11(2)21-22(18(16)20-17)12(3)13-9-10-13/h5-8,12-13H,4,9-10H2,1-3H3,(H,19,20). The number of nitrogens with one attached hydrogen (secondary N) is 1. The van der Waals surface area contributed by atoms with Crippen LogP contribution in [0.4, 0.5) is 0 Å². The first-order valence-corrected chi connectivity index (χ1v) is 8.36. The van der Waals surface area contributed by atoms with Crippen molar-refractivity contribution in [3.8, 4) is 17.1 Å². The third-order valence-electron chi connectivity index (χ3n) is 4.65. The molecule has 1 aromatic carbocycles. The van der Waals surface area contributed by atoms with E-state index in [4.69, 9.17) is 14.8 Å². The number of rotatable bonds is 5. The van der Waals surface area contributed by atoms with Crippen LogP contribution in [0, 0.1) is 12.8 Å². The predicted molar refractivity (Wildman–Crippen MR) is 90.7 cm³/mol. The first kappa shape index (κ1) is 14.3. The van der Waals surface area contributed by atoms with Gasteiger partial charge in [0.25, 0.3) is 0 Å². The minimum absolute atomic E-state index is 0.407. The Kier molecular flexibility index (Phi) is 3.36. The molecule has 4 rings (SSSR count). The van der Waals surface area contributed by atoms with Crippen LogP contribution >= 0.6 is 0 Å². The summed E-state index contributed by atoms with van der Waals surface area (Å²) in [5.41, 5.74) is 3.97. The van der Waals surface area contributed by atoms with Gasteiger partial charge in [-0.25, -0.2) is 9.67 Å². The highest BCUT2D eigenvalue weighted by Crippen LogP contribution is 2.40. The van der Waals surface area contributed by atoms with Gasteiger partial charge in [0.1, 0.15) is 17.1 Å². The summed E-state index contributed by atoms with van der Waals surface area (Å²) >= 11 is 0. The number of fused-ring (bicyclic) bond motifs is 1. The molecule has 1 aliphatic carbocycles. The first-order chi connectivity index (χ1) is 11.2. The van der Waals surface area contributed by atoms with Gasteiger partial charge in [0.15, 0.2) is 5.65 Å². The molecule has 3 aromatic rings. The zero-order valence-electron chi connectivity index (χ0n) is 13.8. The van der Waals surface area contributed by atoms with E-state index in [1.807, 2.05) is 38.1 Å². The summed E-state index contributed by atoms with van der Waals surface area (Å²) in [6.45, 7) is 6.92. The number of H-pyrrole nitrogens is 1. The number of benzene rings is 1. The fourth-order valence-corrected chi connectivity index (χ4v) is 3.17. The van der Waals surface area contributed by atoms with Crippen LogP contribution in [0.25, 0.3) is 22.6 Å². The minimum Gasteiger partial charge on any atom is -0.493 e. The van der Waals surface area contributed by atoms with Crippen molar-refractivity contribution < 1.29 is 4.74 Å². The Labute approximate surface area is 135 Å². The zero-order chi connectivity index (χ0) is 16.0. The van der Waals surface area contributed by atoms with Crippen LogP contribution in [-0.2, 0) is 0 Å². The van der Waals surface area contributed by atoms with Crippen LogP contribution in [0.2, 0.25) is 0 Å². The van der Waals surface area contributed by atoms with Crippen molar-refractivity contribution >= 4 is 11.2 Å². The van der Waals surface area contributed by atoms with Crippen molar-refractivity contribution in [3.05, 3.63) is 30.0 Å². The summed E-state index contributed by atoms with van der Waals surface area (Å²) in [6, 6.07) is 8.43. The molecular formula is C18H22N4O. The lowest BCUT2D eigenvalue weighted by atomic mass is 10.2. The average Bonchev–Trinajstić information content (AvgIpc) is 3.24. The maximum Gasteiger partial charge on any atom is 0.177 e. The van der Waals surface area contributed by atoms with Crippen molar-refractivity contribution in [1.82, 2.24) is 19.7 Å². The second kappa shape index (κ2) is 5.41. The number of aryl methyl sites for hydroxylation is 1. The van der Waals surface area contributed by atoms with E-state index in [9.17, 15) is 0 Å². The molecule has 0 saturated heterocycles. The molecule has 1 fully saturated rings. The molecule has 1 N–H and O–H groups in total. The molecule has 5 nitrogen and oxygen atoms in total. The smallest absolute Gasteiger partial charge is 0.177 e. The Morgan fingerprint density at radius 3 is 2.87 bits per heavy atom. The van der Waals surface area contributed by atoms with Gasteiger partial charge in [0, 0.05) is 0 Å². The van der Waals surface area contributed by atoms with E-state index in [0.717, 1.165) is 39.9 Å². The van der Waals surface area contributed by atoms with Crippen molar-refractivity contribution in [3.63, 3.8) is 0 Å². The molecule has 0 aliphatic heterocycles. The zero-order valence-corrected chi connectivity index (χ0v) is 13.8. The van der Waals surface area contributed by atoms with Gasteiger partial charge < -0.3 is 9.72 Å². The van der Waals surface area contributed by atoms with Crippen LogP contribution in [-0.4, -0.2) is 26.4 Å². The number of aromatic nitrogens is 4. The monoisotopic (exact) mass is 310 g/mol. The molecule has 0 amide bonds. The van der Waals surface area contributed by atoms with Crippen molar-refractivity contribution in [2.75, 3.05) is 6.61 Å². The van der Waals surface area contributed by atoms with Crippen LogP contribution in [0.15, 0.2) is 24.3 Å². The molecule has 23 heavy (non-hydrogen) atoms. The SMILES string of the molecule is CCOc1ccccc1-c1nc2c([nH]1)c(C)nn2C(C)C1CC1. The summed E-state index contributed by atoms with van der Waals surface area (Å²) in [7, 11) is 0. The van der Waals surface area contributed by atoms with Crippen LogP contribution < -0.4 is 4.74 Å². The van der Waals surface area contributed by atoms with Crippen molar-refractivity contribution in [2.45, 2.75) is 39.7 Å². The lowest BCUT2D eigenvalue weighted by Crippen LogP contribution is -2.09. The predicted octanol–water partition coefficient (Wildman–Crippen LogP) is 4.10. The Hall–Kier alpha value is -2.30. The van der Waals surface area contributed by atoms with Gasteiger partial charge in [-0.1, -0.05) is 12.1 Å². The summed E-state index contributed by atoms with van der Waals surface area (Å²) in [4.78, 5) is 8.28. The summed E-state index contributed by atoms with van der Waals surface area (Å²) in [5.74, 6) is 2.45. The normalized spacial score (nSPS) is 16.0. The highest BCUT2D eigenvalue weighted by Gasteiger charge is 2.31. The van der Waals surface area contributed by atoms with Gasteiger partial charge in [-0.3, -0.25) is 0 Å². The number of hydrogen-bond acceptors (Lipinski definition) is 3. The Morgan fingerprint density at radius 1 is 1.35 bits per heavy atom. The first-order valence-electron chi connectivity index (χ1n) is 8.36. The molecule has 1 atom stereocenters. The van der Waals surface area contributed by atoms with Gasteiger partial charge in [-0.2, -0.15) is 5.10 Å². The molecule has 2 heterocycles. The maximum atomic E-state index is 5.74. The molecule has 0 spiro atoms. The van der Waals surface area contributed by atoms with Crippen molar-refractivity contribution in [2.24, 2.45) is 5.92 Å². The summed E-state index contributed by atoms with van der Waals surface area (Å²) in [5, 5.41) is 4.70. The molecule has 0 radical (unpaired) electrons. The largest absolute Gasteiger partial charge is 0.493 e. The van der Waals surface area contributed by atoms with E-state index in [1.54, 1.807) is 0 Å². The van der Waals surface area contributed by atoms with E-state index in [2.05, 4.69) is 16.6 Å². The van der Waals surface area contributed by atoms with Gasteiger partial charge in [-0.15, -0.1) is 0 Å². The highest BCUT2D eigenvalue weighted by atomic mass is 16.5. The molecular weight excluding hydrogens is 288 g/mol. The number of aromatic amines is 1. The third-order valence-corrected chi connectivity index (χ3v) is 4.65. The number of imidazole rings is 1. The summed E-state index contributed by atoms with van der Waals surface area (Å²) in [6.07, 6.45) is 2.60. The number of hydrogen-bond donors (Lipinski definition) is 1. The summed E-state index contributed by atoms with van der Waals surface area (Å²) < 4.78 is 7.83. The molecule has 1 aliphatic rings. The highest BCUT2D eigenvalue weighted by molar-refractivity contribution is 5.80. The minimum atomic E-state index is 0.407. The van der Waals surface area contributed by atoms with E-state index >= 15 is 0 Å². The fraction of sp³-hybridized carbons (Fsp3) is 0.444. The fourth-order valence-electron chi connectivity index (χ4n) is 3.17. The molecule has 1 saturated carbocycles. The van der Waals surface area contributed by atoms with Gasteiger partial charge in [-0.05, 0) is 51.7 Å². The second-order valence-corrected chi connectivity index (χ2v) is 6.32. The van der Waals surface area contributed by atoms with E-state index in [0.29, 0.717) is 12.6 Å². The Morgan fingerprint density at radius 2 is 2.13 bits per heavy atom. The second-order valence-electron chi connectivity index (χ2n) is 6.32. The molecule has 120 valence electrons. The number of nitrogens with zero attached hydrogens (tertiary/aromatic N) is 3. The lowest BCUT2D eigenvalue weighted by molar-refractivity contribution is 0.341. The third kappa shape index (κ3) is 2.40. The number of ether oxygens (including phenoxy) is 1. The maximum absolute atomic E-state index is 5.74. The average molecular weight is 310 g/mol. The molecule has 1 unspecified atom stereocenters. The van der Waals surface area contributed by atoms with E-state index < -0.39 is 0 Å². The van der Waals surface area contributed by atoms with Gasteiger partial charge in [0.2, 0.25) is 0 Å². The quantitative estimate of drug-likeness (QED) is 0.771. The van der Waals surface area contributed by atoms with Crippen LogP contribution in [0.1, 0.15) is 38.4 Å². The lowest BCUT2D eigenvalue weighted by Gasteiger charge is -2.10. The van der Waals surface area contributed by atoms with Crippen molar-refractivity contribution in [1.29, 1.82) is 0 Å². The van der Waals surface area contributed by atoms with Crippen LogP contribution in [0.5, 0.6) is 5.75 Å². The Bertz CT molecular complexity index is 844. The topological polar surface area (TPSA) is 55.7 Å². The Balaban J connectivity index is 1.82. The molecule has 5 heteroatoms. The van der Waals surface area contributed by atoms with Gasteiger partial charge in [0.05, 0.1) is 23.9 Å².